The van der Waals surface area contributed by atoms with E-state index in [9.17, 15) is 8.42 Å². The molecule has 3 nitrogen and oxygen atoms in total. The summed E-state index contributed by atoms with van der Waals surface area (Å²) in [6.45, 7) is 4.58. The molecule has 0 amide bonds. The first-order chi connectivity index (χ1) is 7.38. The molecule has 0 saturated carbocycles. The molecule has 0 radical (unpaired) electrons. The molecule has 1 N–H and O–H groups in total. The fourth-order valence-electron chi connectivity index (χ4n) is 1.52. The maximum atomic E-state index is 11.0. The third-order valence-electron chi connectivity index (χ3n) is 2.47. The molecule has 0 unspecified atom stereocenters. The van der Waals surface area contributed by atoms with E-state index in [1.807, 2.05) is 32.0 Å². The Labute approximate surface area is 97.8 Å². The normalized spacial score (nSPS) is 13.7. The first kappa shape index (κ1) is 13.2. The number of sulfone groups is 1. The monoisotopic (exact) mass is 241 g/mol. The number of benzene rings is 1. The van der Waals surface area contributed by atoms with Crippen LogP contribution in [0.5, 0.6) is 0 Å². The van der Waals surface area contributed by atoms with Crippen molar-refractivity contribution < 1.29 is 8.42 Å². The van der Waals surface area contributed by atoms with Gasteiger partial charge in [0.1, 0.15) is 9.84 Å². The van der Waals surface area contributed by atoms with Gasteiger partial charge in [0.05, 0.1) is 5.75 Å². The molecule has 0 aliphatic heterocycles. The predicted molar refractivity (Wildman–Crippen MR) is 67.3 cm³/mol. The summed E-state index contributed by atoms with van der Waals surface area (Å²) < 4.78 is 21.9. The van der Waals surface area contributed by atoms with Gasteiger partial charge in [-0.15, -0.1) is 0 Å². The topological polar surface area (TPSA) is 46.2 Å². The van der Waals surface area contributed by atoms with Crippen LogP contribution in [0.25, 0.3) is 0 Å². The van der Waals surface area contributed by atoms with Gasteiger partial charge in [-0.3, -0.25) is 0 Å². The van der Waals surface area contributed by atoms with Gasteiger partial charge in [0.15, 0.2) is 0 Å². The Bertz CT molecular complexity index is 440. The Kier molecular flexibility index (Phi) is 4.50. The minimum atomic E-state index is -2.87. The predicted octanol–water partition coefficient (Wildman–Crippen LogP) is 1.69. The van der Waals surface area contributed by atoms with Crippen molar-refractivity contribution in [1.29, 1.82) is 0 Å². The third-order valence-corrected chi connectivity index (χ3v) is 3.41. The van der Waals surface area contributed by atoms with E-state index in [-0.39, 0.29) is 11.8 Å². The van der Waals surface area contributed by atoms with Crippen molar-refractivity contribution in [2.45, 2.75) is 19.9 Å². The van der Waals surface area contributed by atoms with Crippen molar-refractivity contribution >= 4 is 9.84 Å². The second-order valence-electron chi connectivity index (χ2n) is 4.22. The van der Waals surface area contributed by atoms with Gasteiger partial charge >= 0.3 is 0 Å². The van der Waals surface area contributed by atoms with Gasteiger partial charge in [-0.05, 0) is 19.4 Å². The first-order valence-electron chi connectivity index (χ1n) is 5.36. The number of hydrogen-bond acceptors (Lipinski definition) is 3. The van der Waals surface area contributed by atoms with Crippen molar-refractivity contribution in [2.75, 3.05) is 18.6 Å². The number of hydrogen-bond donors (Lipinski definition) is 1. The lowest BCUT2D eigenvalue weighted by Crippen LogP contribution is -2.25. The van der Waals surface area contributed by atoms with Gasteiger partial charge in [0.2, 0.25) is 0 Å². The molecule has 90 valence electrons. The van der Waals surface area contributed by atoms with Gasteiger partial charge in [0.25, 0.3) is 0 Å². The van der Waals surface area contributed by atoms with Gasteiger partial charge in [-0.1, -0.05) is 29.8 Å². The molecule has 1 rings (SSSR count). The Hall–Kier alpha value is -0.870. The molecular formula is C12H19NO2S. The van der Waals surface area contributed by atoms with Crippen molar-refractivity contribution in [3.05, 3.63) is 35.4 Å². The molecule has 16 heavy (non-hydrogen) atoms. The lowest BCUT2D eigenvalue weighted by atomic mass is 10.1. The Morgan fingerprint density at radius 2 is 2.06 bits per heavy atom. The van der Waals surface area contributed by atoms with Crippen LogP contribution >= 0.6 is 0 Å². The highest BCUT2D eigenvalue weighted by Crippen LogP contribution is 2.13. The highest BCUT2D eigenvalue weighted by molar-refractivity contribution is 7.90. The van der Waals surface area contributed by atoms with Crippen LogP contribution in [0.2, 0.25) is 0 Å². The third kappa shape index (κ3) is 4.77. The standard InChI is InChI=1S/C12H19NO2S/c1-10-5-4-6-12(9-10)11(2)13-7-8-16(3,14)15/h4-6,9,11,13H,7-8H2,1-3H3/t11-/m1/s1. The summed E-state index contributed by atoms with van der Waals surface area (Å²) in [6, 6.07) is 8.40. The van der Waals surface area contributed by atoms with E-state index in [1.54, 1.807) is 0 Å². The highest BCUT2D eigenvalue weighted by Gasteiger charge is 2.06. The van der Waals surface area contributed by atoms with Gasteiger partial charge < -0.3 is 5.32 Å². The fraction of sp³-hybridized carbons (Fsp3) is 0.500. The SMILES string of the molecule is Cc1cccc([C@@H](C)NCCS(C)(=O)=O)c1. The second-order valence-corrected chi connectivity index (χ2v) is 6.48. The van der Waals surface area contributed by atoms with Crippen LogP contribution in [-0.4, -0.2) is 27.0 Å². The van der Waals surface area contributed by atoms with E-state index >= 15 is 0 Å². The summed E-state index contributed by atoms with van der Waals surface area (Å²) in [4.78, 5) is 0. The number of aryl methyl sites for hydroxylation is 1. The van der Waals surface area contributed by atoms with Crippen LogP contribution in [0, 0.1) is 6.92 Å². The molecule has 0 spiro atoms. The van der Waals surface area contributed by atoms with Crippen LogP contribution in [0.1, 0.15) is 24.1 Å². The molecule has 0 aliphatic carbocycles. The zero-order valence-electron chi connectivity index (χ0n) is 10.0. The molecule has 0 saturated heterocycles. The van der Waals surface area contributed by atoms with Crippen molar-refractivity contribution in [1.82, 2.24) is 5.32 Å². The quantitative estimate of drug-likeness (QED) is 0.853. The summed E-state index contributed by atoms with van der Waals surface area (Å²) in [5, 5.41) is 3.20. The zero-order valence-corrected chi connectivity index (χ0v) is 10.8. The number of nitrogens with one attached hydrogen (secondary N) is 1. The summed E-state index contributed by atoms with van der Waals surface area (Å²) in [7, 11) is -2.87. The summed E-state index contributed by atoms with van der Waals surface area (Å²) in [5.74, 6) is 0.184. The molecule has 0 fully saturated rings. The zero-order chi connectivity index (χ0) is 12.2. The number of rotatable bonds is 5. The van der Waals surface area contributed by atoms with E-state index in [0.29, 0.717) is 6.54 Å². The molecular weight excluding hydrogens is 222 g/mol. The smallest absolute Gasteiger partial charge is 0.148 e. The summed E-state index contributed by atoms with van der Waals surface area (Å²) >= 11 is 0. The maximum absolute atomic E-state index is 11.0. The fourth-order valence-corrected chi connectivity index (χ4v) is 2.01. The average molecular weight is 241 g/mol. The van der Waals surface area contributed by atoms with Crippen LogP contribution in [0.4, 0.5) is 0 Å². The van der Waals surface area contributed by atoms with Crippen LogP contribution in [0.3, 0.4) is 0 Å². The minimum absolute atomic E-state index is 0.182. The summed E-state index contributed by atoms with van der Waals surface area (Å²) in [6.07, 6.45) is 1.26. The Morgan fingerprint density at radius 1 is 1.38 bits per heavy atom. The second kappa shape index (κ2) is 5.46. The summed E-state index contributed by atoms with van der Waals surface area (Å²) in [5.41, 5.74) is 2.41. The Morgan fingerprint density at radius 3 is 2.62 bits per heavy atom. The molecule has 4 heteroatoms. The van der Waals surface area contributed by atoms with Crippen molar-refractivity contribution in [2.24, 2.45) is 0 Å². The largest absolute Gasteiger partial charge is 0.309 e. The maximum Gasteiger partial charge on any atom is 0.148 e. The molecule has 1 aromatic carbocycles. The van der Waals surface area contributed by atoms with Gasteiger partial charge in [-0.25, -0.2) is 8.42 Å². The molecule has 0 bridgehead atoms. The highest BCUT2D eigenvalue weighted by atomic mass is 32.2. The molecule has 0 aromatic heterocycles. The van der Waals surface area contributed by atoms with E-state index < -0.39 is 9.84 Å². The van der Waals surface area contributed by atoms with Gasteiger partial charge in [-0.2, -0.15) is 0 Å². The van der Waals surface area contributed by atoms with Crippen LogP contribution in [-0.2, 0) is 9.84 Å². The van der Waals surface area contributed by atoms with Gasteiger partial charge in [0, 0.05) is 18.8 Å². The van der Waals surface area contributed by atoms with E-state index in [4.69, 9.17) is 0 Å². The van der Waals surface area contributed by atoms with Crippen molar-refractivity contribution in [3.8, 4) is 0 Å². The molecule has 1 atom stereocenters. The van der Waals surface area contributed by atoms with E-state index in [2.05, 4.69) is 11.4 Å². The van der Waals surface area contributed by atoms with Crippen LogP contribution in [0.15, 0.2) is 24.3 Å². The lowest BCUT2D eigenvalue weighted by molar-refractivity contribution is 0.575. The molecule has 0 heterocycles. The van der Waals surface area contributed by atoms with E-state index in [1.165, 1.54) is 17.4 Å². The molecule has 0 aliphatic rings. The average Bonchev–Trinajstić information content (AvgIpc) is 2.15. The molecule has 1 aromatic rings. The Balaban J connectivity index is 2.50. The van der Waals surface area contributed by atoms with E-state index in [0.717, 1.165) is 0 Å². The minimum Gasteiger partial charge on any atom is -0.309 e. The van der Waals surface area contributed by atoms with Crippen molar-refractivity contribution in [3.63, 3.8) is 0 Å². The first-order valence-corrected chi connectivity index (χ1v) is 7.42. The lowest BCUT2D eigenvalue weighted by Gasteiger charge is -2.14. The van der Waals surface area contributed by atoms with Crippen LogP contribution < -0.4 is 5.32 Å².